The van der Waals surface area contributed by atoms with E-state index in [0.29, 0.717) is 12.4 Å². The summed E-state index contributed by atoms with van der Waals surface area (Å²) in [7, 11) is 1.67. The molecule has 0 bridgehead atoms. The van der Waals surface area contributed by atoms with E-state index in [2.05, 4.69) is 0 Å². The van der Waals surface area contributed by atoms with Gasteiger partial charge in [0.2, 0.25) is 0 Å². The molecule has 1 atom stereocenters. The van der Waals surface area contributed by atoms with Crippen LogP contribution >= 0.6 is 0 Å². The fourth-order valence-electron chi connectivity index (χ4n) is 1.22. The third-order valence-corrected chi connectivity index (χ3v) is 2.23. The molecule has 16 heavy (non-hydrogen) atoms. The highest BCUT2D eigenvalue weighted by molar-refractivity contribution is 5.78. The first-order chi connectivity index (χ1) is 7.63. The minimum Gasteiger partial charge on any atom is -0.481 e. The van der Waals surface area contributed by atoms with Gasteiger partial charge in [-0.1, -0.05) is 12.1 Å². The van der Waals surface area contributed by atoms with Crippen LogP contribution in [-0.4, -0.2) is 25.7 Å². The zero-order valence-electron chi connectivity index (χ0n) is 9.60. The summed E-state index contributed by atoms with van der Waals surface area (Å²) in [5.74, 6) is 0.177. The van der Waals surface area contributed by atoms with Crippen molar-refractivity contribution in [1.82, 2.24) is 0 Å². The molecule has 2 N–H and O–H groups in total. The highest BCUT2D eigenvalue weighted by Gasteiger charge is 2.09. The van der Waals surface area contributed by atoms with Crippen molar-refractivity contribution in [3.8, 4) is 5.75 Å². The summed E-state index contributed by atoms with van der Waals surface area (Å²) in [6.07, 6.45) is 0.257. The number of carbonyl (C=O) groups excluding carboxylic acids is 1. The maximum absolute atomic E-state index is 10.8. The molecule has 0 aliphatic heterocycles. The van der Waals surface area contributed by atoms with Crippen molar-refractivity contribution in [3.63, 3.8) is 0 Å². The van der Waals surface area contributed by atoms with E-state index in [4.69, 9.17) is 15.2 Å². The minimum atomic E-state index is -0.607. The van der Waals surface area contributed by atoms with Crippen molar-refractivity contribution >= 4 is 5.91 Å². The maximum atomic E-state index is 10.8. The Kier molecular flexibility index (Phi) is 4.79. The summed E-state index contributed by atoms with van der Waals surface area (Å²) >= 11 is 0. The number of ether oxygens (including phenoxy) is 2. The van der Waals surface area contributed by atoms with Crippen LogP contribution in [-0.2, 0) is 16.0 Å². The Balaban J connectivity index is 2.54. The Labute approximate surface area is 95.3 Å². The van der Waals surface area contributed by atoms with Gasteiger partial charge in [-0.2, -0.15) is 0 Å². The quantitative estimate of drug-likeness (QED) is 0.786. The summed E-state index contributed by atoms with van der Waals surface area (Å²) in [5, 5.41) is 0. The average molecular weight is 223 g/mol. The molecule has 1 amide bonds. The molecule has 0 unspecified atom stereocenters. The van der Waals surface area contributed by atoms with Crippen LogP contribution in [0.4, 0.5) is 0 Å². The summed E-state index contributed by atoms with van der Waals surface area (Å²) in [5.41, 5.74) is 6.27. The van der Waals surface area contributed by atoms with Crippen LogP contribution in [0, 0.1) is 0 Å². The van der Waals surface area contributed by atoms with Crippen molar-refractivity contribution in [2.75, 3.05) is 13.7 Å². The largest absolute Gasteiger partial charge is 0.481 e. The zero-order chi connectivity index (χ0) is 12.0. The van der Waals surface area contributed by atoms with Gasteiger partial charge in [-0.05, 0) is 31.0 Å². The predicted octanol–water partition coefficient (Wildman–Crippen LogP) is 1.13. The number of hydrogen-bond donors (Lipinski definition) is 1. The van der Waals surface area contributed by atoms with E-state index in [1.807, 2.05) is 24.3 Å². The lowest BCUT2D eigenvalue weighted by Crippen LogP contribution is -2.30. The first-order valence-corrected chi connectivity index (χ1v) is 5.17. The summed E-state index contributed by atoms with van der Waals surface area (Å²) < 4.78 is 10.3. The van der Waals surface area contributed by atoms with Crippen molar-refractivity contribution < 1.29 is 14.3 Å². The lowest BCUT2D eigenvalue weighted by atomic mass is 10.1. The van der Waals surface area contributed by atoms with Crippen LogP contribution in [0.5, 0.6) is 5.75 Å². The molecule has 4 nitrogen and oxygen atoms in total. The second kappa shape index (κ2) is 6.12. The van der Waals surface area contributed by atoms with E-state index >= 15 is 0 Å². The lowest BCUT2D eigenvalue weighted by molar-refractivity contribution is -0.123. The topological polar surface area (TPSA) is 61.6 Å². The number of amides is 1. The van der Waals surface area contributed by atoms with E-state index in [1.54, 1.807) is 14.0 Å². The molecule has 0 aliphatic rings. The Morgan fingerprint density at radius 1 is 1.38 bits per heavy atom. The van der Waals surface area contributed by atoms with Gasteiger partial charge in [0.15, 0.2) is 6.10 Å². The maximum Gasteiger partial charge on any atom is 0.258 e. The fourth-order valence-corrected chi connectivity index (χ4v) is 1.22. The Morgan fingerprint density at radius 2 is 2.00 bits per heavy atom. The molecule has 0 aromatic heterocycles. The second-order valence-electron chi connectivity index (χ2n) is 3.55. The van der Waals surface area contributed by atoms with Crippen molar-refractivity contribution in [3.05, 3.63) is 29.8 Å². The molecule has 0 radical (unpaired) electrons. The van der Waals surface area contributed by atoms with Crippen LogP contribution in [0.25, 0.3) is 0 Å². The highest BCUT2D eigenvalue weighted by atomic mass is 16.5. The van der Waals surface area contributed by atoms with Crippen molar-refractivity contribution in [1.29, 1.82) is 0 Å². The third kappa shape index (κ3) is 3.90. The van der Waals surface area contributed by atoms with Crippen molar-refractivity contribution in [2.45, 2.75) is 19.4 Å². The summed E-state index contributed by atoms with van der Waals surface area (Å²) in [4.78, 5) is 10.8. The normalized spacial score (nSPS) is 12.1. The molecule has 88 valence electrons. The highest BCUT2D eigenvalue weighted by Crippen LogP contribution is 2.14. The number of nitrogens with two attached hydrogens (primary N) is 1. The van der Waals surface area contributed by atoms with E-state index in [9.17, 15) is 4.79 Å². The number of benzene rings is 1. The number of rotatable bonds is 6. The van der Waals surface area contributed by atoms with E-state index < -0.39 is 12.0 Å². The van der Waals surface area contributed by atoms with Crippen LogP contribution in [0.3, 0.4) is 0 Å². The standard InChI is InChI=1S/C12H17NO3/c1-9(12(13)14)16-11-5-3-10(4-6-11)7-8-15-2/h3-6,9H,7-8H2,1-2H3,(H2,13,14)/t9-/m1/s1. The molecule has 4 heteroatoms. The van der Waals surface area contributed by atoms with Gasteiger partial charge in [0.25, 0.3) is 5.91 Å². The zero-order valence-corrected chi connectivity index (χ0v) is 9.60. The molecule has 1 aromatic rings. The van der Waals surface area contributed by atoms with E-state index in [0.717, 1.165) is 6.42 Å². The number of hydrogen-bond acceptors (Lipinski definition) is 3. The van der Waals surface area contributed by atoms with Crippen molar-refractivity contribution in [2.24, 2.45) is 5.73 Å². The molecule has 0 heterocycles. The third-order valence-electron chi connectivity index (χ3n) is 2.23. The van der Waals surface area contributed by atoms with Crippen LogP contribution < -0.4 is 10.5 Å². The summed E-state index contributed by atoms with van der Waals surface area (Å²) in [6, 6.07) is 7.54. The fraction of sp³-hybridized carbons (Fsp3) is 0.417. The lowest BCUT2D eigenvalue weighted by Gasteiger charge is -2.11. The molecule has 0 saturated heterocycles. The first-order valence-electron chi connectivity index (χ1n) is 5.17. The Morgan fingerprint density at radius 3 is 2.50 bits per heavy atom. The number of carbonyl (C=O) groups is 1. The molecule has 0 saturated carbocycles. The molecule has 1 aromatic carbocycles. The van der Waals surface area contributed by atoms with Gasteiger partial charge in [-0.25, -0.2) is 0 Å². The van der Waals surface area contributed by atoms with Gasteiger partial charge in [0.1, 0.15) is 5.75 Å². The molecule has 0 fully saturated rings. The van der Waals surface area contributed by atoms with Gasteiger partial charge >= 0.3 is 0 Å². The first kappa shape index (κ1) is 12.5. The van der Waals surface area contributed by atoms with Crippen LogP contribution in [0.1, 0.15) is 12.5 Å². The smallest absolute Gasteiger partial charge is 0.258 e. The second-order valence-corrected chi connectivity index (χ2v) is 3.55. The van der Waals surface area contributed by atoms with Gasteiger partial charge in [-0.3, -0.25) is 4.79 Å². The van der Waals surface area contributed by atoms with Gasteiger partial charge in [0.05, 0.1) is 6.61 Å². The Hall–Kier alpha value is -1.55. The predicted molar refractivity (Wildman–Crippen MR) is 61.3 cm³/mol. The average Bonchev–Trinajstić information content (AvgIpc) is 2.28. The van der Waals surface area contributed by atoms with E-state index in [1.165, 1.54) is 5.56 Å². The summed E-state index contributed by atoms with van der Waals surface area (Å²) in [6.45, 7) is 2.32. The minimum absolute atomic E-state index is 0.469. The van der Waals surface area contributed by atoms with Gasteiger partial charge in [0, 0.05) is 7.11 Å². The molecular weight excluding hydrogens is 206 g/mol. The van der Waals surface area contributed by atoms with Gasteiger partial charge < -0.3 is 15.2 Å². The Bertz CT molecular complexity index is 335. The number of primary amides is 1. The van der Waals surface area contributed by atoms with Gasteiger partial charge in [-0.15, -0.1) is 0 Å². The molecule has 1 rings (SSSR count). The SMILES string of the molecule is COCCc1ccc(O[C@H](C)C(N)=O)cc1. The van der Waals surface area contributed by atoms with Crippen LogP contribution in [0.15, 0.2) is 24.3 Å². The molecular formula is C12H17NO3. The van der Waals surface area contributed by atoms with E-state index in [-0.39, 0.29) is 0 Å². The molecule has 0 aliphatic carbocycles. The van der Waals surface area contributed by atoms with Crippen LogP contribution in [0.2, 0.25) is 0 Å². The molecule has 0 spiro atoms. The monoisotopic (exact) mass is 223 g/mol. The number of methoxy groups -OCH3 is 1.